The Balaban J connectivity index is 1.85. The van der Waals surface area contributed by atoms with Crippen LogP contribution in [0.2, 0.25) is 0 Å². The summed E-state index contributed by atoms with van der Waals surface area (Å²) in [6, 6.07) is 8.39. The molecule has 2 heterocycles. The Labute approximate surface area is 136 Å². The van der Waals surface area contributed by atoms with Crippen molar-refractivity contribution in [2.24, 2.45) is 0 Å². The largest absolute Gasteiger partial charge is 0.336 e. The third-order valence-electron chi connectivity index (χ3n) is 4.46. The van der Waals surface area contributed by atoms with Gasteiger partial charge in [0.2, 0.25) is 0 Å². The van der Waals surface area contributed by atoms with Gasteiger partial charge in [-0.2, -0.15) is 0 Å². The number of likely N-dealkylation sites (tertiary alicyclic amines) is 1. The van der Waals surface area contributed by atoms with Gasteiger partial charge in [0.25, 0.3) is 5.91 Å². The highest BCUT2D eigenvalue weighted by molar-refractivity contribution is 5.93. The fourth-order valence-electron chi connectivity index (χ4n) is 3.08. The van der Waals surface area contributed by atoms with Crippen LogP contribution < -0.4 is 5.32 Å². The maximum absolute atomic E-state index is 12.8. The summed E-state index contributed by atoms with van der Waals surface area (Å²) in [5.74, 6) is -0.0265. The van der Waals surface area contributed by atoms with Crippen LogP contribution in [-0.4, -0.2) is 52.0 Å². The van der Waals surface area contributed by atoms with Crippen LogP contribution in [0.4, 0.5) is 0 Å². The Morgan fingerprint density at radius 3 is 2.91 bits per heavy atom. The molecule has 1 aliphatic heterocycles. The molecule has 0 spiro atoms. The second kappa shape index (κ2) is 6.50. The van der Waals surface area contributed by atoms with Gasteiger partial charge >= 0.3 is 0 Å². The number of nitrogens with zero attached hydrogens (tertiary/aromatic N) is 4. The topological polar surface area (TPSA) is 63.1 Å². The molecule has 1 aromatic carbocycles. The predicted molar refractivity (Wildman–Crippen MR) is 88.8 cm³/mol. The fourth-order valence-corrected chi connectivity index (χ4v) is 3.08. The minimum absolute atomic E-state index is 0.0265. The van der Waals surface area contributed by atoms with Crippen molar-refractivity contribution in [1.82, 2.24) is 25.2 Å². The van der Waals surface area contributed by atoms with Gasteiger partial charge in [0.15, 0.2) is 5.69 Å². The number of carbonyl (C=O) groups is 1. The quantitative estimate of drug-likeness (QED) is 0.937. The van der Waals surface area contributed by atoms with Gasteiger partial charge in [-0.15, -0.1) is 5.10 Å². The van der Waals surface area contributed by atoms with Crippen molar-refractivity contribution >= 4 is 5.91 Å². The molecule has 6 heteroatoms. The van der Waals surface area contributed by atoms with Crippen molar-refractivity contribution in [2.75, 3.05) is 20.1 Å². The molecule has 1 atom stereocenters. The Morgan fingerprint density at radius 1 is 1.35 bits per heavy atom. The van der Waals surface area contributed by atoms with Crippen LogP contribution in [0.25, 0.3) is 5.69 Å². The van der Waals surface area contributed by atoms with Crippen LogP contribution in [0, 0.1) is 13.8 Å². The summed E-state index contributed by atoms with van der Waals surface area (Å²) < 4.78 is 1.74. The standard InChI is InChI=1S/C17H23N5O/c1-12-6-4-8-15(10-12)22-13(2)16(19-20-22)17(23)21-9-5-7-14(11-21)18-3/h4,6,8,10,14,18H,5,7,9,11H2,1-3H3. The first-order valence-corrected chi connectivity index (χ1v) is 8.06. The predicted octanol–water partition coefficient (Wildman–Crippen LogP) is 1.71. The van der Waals surface area contributed by atoms with Crippen LogP contribution in [0.5, 0.6) is 0 Å². The Morgan fingerprint density at radius 2 is 2.17 bits per heavy atom. The van der Waals surface area contributed by atoms with E-state index in [1.165, 1.54) is 0 Å². The van der Waals surface area contributed by atoms with Crippen molar-refractivity contribution in [3.05, 3.63) is 41.2 Å². The zero-order chi connectivity index (χ0) is 16.4. The first-order valence-electron chi connectivity index (χ1n) is 8.06. The number of carbonyl (C=O) groups excluding carboxylic acids is 1. The zero-order valence-corrected chi connectivity index (χ0v) is 13.9. The number of hydrogen-bond acceptors (Lipinski definition) is 4. The monoisotopic (exact) mass is 313 g/mol. The highest BCUT2D eigenvalue weighted by atomic mass is 16.2. The van der Waals surface area contributed by atoms with Crippen LogP contribution in [-0.2, 0) is 0 Å². The lowest BCUT2D eigenvalue weighted by Gasteiger charge is -2.32. The molecule has 122 valence electrons. The first-order chi connectivity index (χ1) is 11.1. The lowest BCUT2D eigenvalue weighted by molar-refractivity contribution is 0.0691. The average Bonchev–Trinajstić information content (AvgIpc) is 2.96. The molecule has 1 N–H and O–H groups in total. The summed E-state index contributed by atoms with van der Waals surface area (Å²) in [6.45, 7) is 5.45. The van der Waals surface area contributed by atoms with Gasteiger partial charge in [0.1, 0.15) is 0 Å². The SMILES string of the molecule is CNC1CCCN(C(=O)c2nnn(-c3cccc(C)c3)c2C)C1. The molecule has 23 heavy (non-hydrogen) atoms. The molecule has 1 amide bonds. The van der Waals surface area contributed by atoms with Gasteiger partial charge in [-0.05, 0) is 51.4 Å². The number of aromatic nitrogens is 3. The lowest BCUT2D eigenvalue weighted by atomic mass is 10.1. The van der Waals surface area contributed by atoms with E-state index in [4.69, 9.17) is 0 Å². The van der Waals surface area contributed by atoms with Crippen molar-refractivity contribution in [3.63, 3.8) is 0 Å². The maximum Gasteiger partial charge on any atom is 0.276 e. The van der Waals surface area contributed by atoms with E-state index in [0.29, 0.717) is 11.7 Å². The fraction of sp³-hybridized carbons (Fsp3) is 0.471. The zero-order valence-electron chi connectivity index (χ0n) is 13.9. The summed E-state index contributed by atoms with van der Waals surface area (Å²) in [5.41, 5.74) is 3.31. The van der Waals surface area contributed by atoms with Crippen molar-refractivity contribution in [1.29, 1.82) is 0 Å². The molecular weight excluding hydrogens is 290 g/mol. The Kier molecular flexibility index (Phi) is 4.43. The van der Waals surface area contributed by atoms with E-state index in [0.717, 1.165) is 42.9 Å². The third kappa shape index (κ3) is 3.12. The van der Waals surface area contributed by atoms with E-state index >= 15 is 0 Å². The highest BCUT2D eigenvalue weighted by Gasteiger charge is 2.27. The number of aryl methyl sites for hydroxylation is 1. The van der Waals surface area contributed by atoms with Crippen molar-refractivity contribution < 1.29 is 4.79 Å². The molecule has 0 saturated carbocycles. The Bertz CT molecular complexity index is 709. The third-order valence-corrected chi connectivity index (χ3v) is 4.46. The van der Waals surface area contributed by atoms with Gasteiger partial charge in [0, 0.05) is 19.1 Å². The lowest BCUT2D eigenvalue weighted by Crippen LogP contribution is -2.47. The molecule has 1 unspecified atom stereocenters. The summed E-state index contributed by atoms with van der Waals surface area (Å²) in [7, 11) is 1.94. The number of likely N-dealkylation sites (N-methyl/N-ethyl adjacent to an activating group) is 1. The summed E-state index contributed by atoms with van der Waals surface area (Å²) in [6.07, 6.45) is 2.12. The minimum Gasteiger partial charge on any atom is -0.336 e. The number of amides is 1. The van der Waals surface area contributed by atoms with E-state index in [1.54, 1.807) is 4.68 Å². The number of nitrogens with one attached hydrogen (secondary N) is 1. The molecule has 3 rings (SSSR count). The molecule has 2 aromatic rings. The summed E-state index contributed by atoms with van der Waals surface area (Å²) >= 11 is 0. The van der Waals surface area contributed by atoms with Gasteiger partial charge < -0.3 is 10.2 Å². The normalized spacial score (nSPS) is 18.2. The van der Waals surface area contributed by atoms with Crippen molar-refractivity contribution in [2.45, 2.75) is 32.7 Å². The van der Waals surface area contributed by atoms with E-state index in [9.17, 15) is 4.79 Å². The van der Waals surface area contributed by atoms with Crippen LogP contribution in [0.3, 0.4) is 0 Å². The van der Waals surface area contributed by atoms with E-state index < -0.39 is 0 Å². The highest BCUT2D eigenvalue weighted by Crippen LogP contribution is 2.17. The van der Waals surface area contributed by atoms with Gasteiger partial charge in [-0.25, -0.2) is 4.68 Å². The number of hydrogen-bond donors (Lipinski definition) is 1. The number of piperidine rings is 1. The van der Waals surface area contributed by atoms with Crippen LogP contribution in [0.15, 0.2) is 24.3 Å². The molecule has 1 saturated heterocycles. The smallest absolute Gasteiger partial charge is 0.276 e. The van der Waals surface area contributed by atoms with Crippen molar-refractivity contribution in [3.8, 4) is 5.69 Å². The molecule has 1 aromatic heterocycles. The van der Waals surface area contributed by atoms with Gasteiger partial charge in [0.05, 0.1) is 11.4 Å². The van der Waals surface area contributed by atoms with E-state index in [1.807, 2.05) is 50.1 Å². The minimum atomic E-state index is -0.0265. The molecule has 0 bridgehead atoms. The molecule has 0 radical (unpaired) electrons. The average molecular weight is 313 g/mol. The number of rotatable bonds is 3. The molecule has 6 nitrogen and oxygen atoms in total. The van der Waals surface area contributed by atoms with Crippen LogP contribution >= 0.6 is 0 Å². The Hall–Kier alpha value is -2.21. The second-order valence-electron chi connectivity index (χ2n) is 6.15. The van der Waals surface area contributed by atoms with Gasteiger partial charge in [-0.1, -0.05) is 17.3 Å². The maximum atomic E-state index is 12.8. The summed E-state index contributed by atoms with van der Waals surface area (Å²) in [5, 5.41) is 11.6. The molecule has 1 fully saturated rings. The molecule has 1 aliphatic rings. The van der Waals surface area contributed by atoms with Crippen LogP contribution in [0.1, 0.15) is 34.6 Å². The van der Waals surface area contributed by atoms with E-state index in [-0.39, 0.29) is 5.91 Å². The van der Waals surface area contributed by atoms with E-state index in [2.05, 4.69) is 15.6 Å². The summed E-state index contributed by atoms with van der Waals surface area (Å²) in [4.78, 5) is 14.7. The molecular formula is C17H23N5O. The second-order valence-corrected chi connectivity index (χ2v) is 6.15. The first kappa shape index (κ1) is 15.7. The molecule has 0 aliphatic carbocycles. The number of benzene rings is 1. The van der Waals surface area contributed by atoms with Gasteiger partial charge in [-0.3, -0.25) is 4.79 Å².